The van der Waals surface area contributed by atoms with Crippen molar-refractivity contribution in [2.45, 2.75) is 13.0 Å². The molecule has 2 aromatic rings. The van der Waals surface area contributed by atoms with Crippen LogP contribution in [0.1, 0.15) is 24.1 Å². The van der Waals surface area contributed by atoms with Gasteiger partial charge in [-0.3, -0.25) is 4.90 Å². The van der Waals surface area contributed by atoms with Crippen molar-refractivity contribution in [1.29, 1.82) is 0 Å². The molecule has 1 aliphatic carbocycles. The lowest BCUT2D eigenvalue weighted by Gasteiger charge is -2.28. The zero-order valence-corrected chi connectivity index (χ0v) is 11.9. The van der Waals surface area contributed by atoms with Crippen LogP contribution in [0.2, 0.25) is 0 Å². The minimum absolute atomic E-state index is 0.358. The van der Waals surface area contributed by atoms with Crippen molar-refractivity contribution >= 4 is 11.6 Å². The average Bonchev–Trinajstić information content (AvgIpc) is 2.80. The maximum atomic E-state index is 5.97. The van der Waals surface area contributed by atoms with Crippen LogP contribution in [0.15, 0.2) is 48.5 Å². The SMILES string of the molecule is CCN(CCCl)C1c2ccccc2-c2ccccc21. The van der Waals surface area contributed by atoms with Gasteiger partial charge in [0.25, 0.3) is 0 Å². The smallest absolute Gasteiger partial charge is 0.0614 e. The Labute approximate surface area is 119 Å². The van der Waals surface area contributed by atoms with E-state index in [0.29, 0.717) is 11.9 Å². The fourth-order valence-corrected chi connectivity index (χ4v) is 3.32. The van der Waals surface area contributed by atoms with Crippen LogP contribution in [0.4, 0.5) is 0 Å². The van der Waals surface area contributed by atoms with Crippen molar-refractivity contribution in [3.05, 3.63) is 59.7 Å². The summed E-state index contributed by atoms with van der Waals surface area (Å²) >= 11 is 5.97. The van der Waals surface area contributed by atoms with E-state index in [1.807, 2.05) is 0 Å². The number of benzene rings is 2. The average molecular weight is 272 g/mol. The predicted molar refractivity (Wildman–Crippen MR) is 81.7 cm³/mol. The number of fused-ring (bicyclic) bond motifs is 3. The molecular weight excluding hydrogens is 254 g/mol. The number of hydrogen-bond acceptors (Lipinski definition) is 1. The molecule has 98 valence electrons. The molecule has 0 fully saturated rings. The van der Waals surface area contributed by atoms with E-state index < -0.39 is 0 Å². The first-order chi connectivity index (χ1) is 9.36. The number of rotatable bonds is 4. The van der Waals surface area contributed by atoms with Crippen molar-refractivity contribution in [3.8, 4) is 11.1 Å². The summed E-state index contributed by atoms with van der Waals surface area (Å²) in [6, 6.07) is 17.8. The van der Waals surface area contributed by atoms with Gasteiger partial charge in [0.05, 0.1) is 6.04 Å². The Morgan fingerprint density at radius 3 is 1.95 bits per heavy atom. The van der Waals surface area contributed by atoms with Gasteiger partial charge in [-0.1, -0.05) is 55.5 Å². The molecule has 0 aromatic heterocycles. The van der Waals surface area contributed by atoms with Crippen LogP contribution in [0, 0.1) is 0 Å². The van der Waals surface area contributed by atoms with Gasteiger partial charge in [0.2, 0.25) is 0 Å². The maximum absolute atomic E-state index is 5.97. The first kappa shape index (κ1) is 12.7. The summed E-state index contributed by atoms with van der Waals surface area (Å²) in [5, 5.41) is 0. The highest BCUT2D eigenvalue weighted by Gasteiger charge is 2.31. The molecule has 3 rings (SSSR count). The second kappa shape index (κ2) is 5.36. The van der Waals surface area contributed by atoms with Crippen molar-refractivity contribution < 1.29 is 0 Å². The third-order valence-electron chi connectivity index (χ3n) is 3.94. The van der Waals surface area contributed by atoms with E-state index in [9.17, 15) is 0 Å². The van der Waals surface area contributed by atoms with Crippen LogP contribution < -0.4 is 0 Å². The molecule has 0 amide bonds. The monoisotopic (exact) mass is 271 g/mol. The lowest BCUT2D eigenvalue weighted by molar-refractivity contribution is 0.256. The molecule has 0 spiro atoms. The standard InChI is InChI=1S/C17H18ClN/c1-2-19(12-11-18)17-15-9-5-3-7-13(15)14-8-4-6-10-16(14)17/h3-10,17H,2,11-12H2,1H3. The van der Waals surface area contributed by atoms with Gasteiger partial charge < -0.3 is 0 Å². The summed E-state index contributed by atoms with van der Waals surface area (Å²) in [6.07, 6.45) is 0. The van der Waals surface area contributed by atoms with Gasteiger partial charge in [-0.2, -0.15) is 0 Å². The van der Waals surface area contributed by atoms with Gasteiger partial charge in [0.15, 0.2) is 0 Å². The van der Waals surface area contributed by atoms with Crippen LogP contribution >= 0.6 is 11.6 Å². The molecule has 19 heavy (non-hydrogen) atoms. The Hall–Kier alpha value is -1.31. The Morgan fingerprint density at radius 2 is 1.47 bits per heavy atom. The van der Waals surface area contributed by atoms with Gasteiger partial charge in [0, 0.05) is 12.4 Å². The van der Waals surface area contributed by atoms with Gasteiger partial charge in [-0.05, 0) is 28.8 Å². The second-order valence-electron chi connectivity index (χ2n) is 4.89. The molecule has 0 heterocycles. The van der Waals surface area contributed by atoms with E-state index in [0.717, 1.165) is 13.1 Å². The lowest BCUT2D eigenvalue weighted by atomic mass is 10.0. The molecule has 0 aliphatic heterocycles. The maximum Gasteiger partial charge on any atom is 0.0614 e. The summed E-state index contributed by atoms with van der Waals surface area (Å²) < 4.78 is 0. The lowest BCUT2D eigenvalue weighted by Crippen LogP contribution is -2.30. The van der Waals surface area contributed by atoms with Gasteiger partial charge in [-0.25, -0.2) is 0 Å². The Morgan fingerprint density at radius 1 is 0.947 bits per heavy atom. The number of nitrogens with zero attached hydrogens (tertiary/aromatic N) is 1. The molecule has 0 radical (unpaired) electrons. The minimum Gasteiger partial charge on any atom is -0.291 e. The van der Waals surface area contributed by atoms with Crippen LogP contribution in [0.5, 0.6) is 0 Å². The molecule has 2 aromatic carbocycles. The number of halogens is 1. The highest BCUT2D eigenvalue weighted by molar-refractivity contribution is 6.18. The van der Waals surface area contributed by atoms with E-state index in [-0.39, 0.29) is 0 Å². The molecule has 0 saturated heterocycles. The van der Waals surface area contributed by atoms with E-state index in [1.165, 1.54) is 22.3 Å². The van der Waals surface area contributed by atoms with Crippen molar-refractivity contribution in [2.24, 2.45) is 0 Å². The minimum atomic E-state index is 0.358. The van der Waals surface area contributed by atoms with E-state index in [2.05, 4.69) is 60.4 Å². The zero-order chi connectivity index (χ0) is 13.2. The number of hydrogen-bond donors (Lipinski definition) is 0. The molecule has 1 aliphatic rings. The first-order valence-electron chi connectivity index (χ1n) is 6.85. The third-order valence-corrected chi connectivity index (χ3v) is 4.11. The molecule has 2 heteroatoms. The van der Waals surface area contributed by atoms with Gasteiger partial charge >= 0.3 is 0 Å². The molecule has 1 nitrogen and oxygen atoms in total. The van der Waals surface area contributed by atoms with Crippen molar-refractivity contribution in [1.82, 2.24) is 4.90 Å². The quantitative estimate of drug-likeness (QED) is 0.749. The highest BCUT2D eigenvalue weighted by Crippen LogP contribution is 2.45. The van der Waals surface area contributed by atoms with Crippen LogP contribution in [0.3, 0.4) is 0 Å². The summed E-state index contributed by atoms with van der Waals surface area (Å²) in [4.78, 5) is 2.46. The highest BCUT2D eigenvalue weighted by atomic mass is 35.5. The Bertz CT molecular complexity index is 533. The van der Waals surface area contributed by atoms with E-state index >= 15 is 0 Å². The number of alkyl halides is 1. The fourth-order valence-electron chi connectivity index (χ4n) is 3.10. The third kappa shape index (κ3) is 2.07. The fraction of sp³-hybridized carbons (Fsp3) is 0.294. The molecule has 0 bridgehead atoms. The predicted octanol–water partition coefficient (Wildman–Crippen LogP) is 4.32. The van der Waals surface area contributed by atoms with Crippen LogP contribution in [-0.4, -0.2) is 23.9 Å². The summed E-state index contributed by atoms with van der Waals surface area (Å²) in [7, 11) is 0. The summed E-state index contributed by atoms with van der Waals surface area (Å²) in [5.41, 5.74) is 5.57. The largest absolute Gasteiger partial charge is 0.291 e. The Kier molecular flexibility index (Phi) is 3.58. The first-order valence-corrected chi connectivity index (χ1v) is 7.38. The molecular formula is C17H18ClN. The molecule has 0 saturated carbocycles. The zero-order valence-electron chi connectivity index (χ0n) is 11.1. The van der Waals surface area contributed by atoms with Crippen molar-refractivity contribution in [2.75, 3.05) is 19.0 Å². The van der Waals surface area contributed by atoms with Gasteiger partial charge in [0.1, 0.15) is 0 Å². The van der Waals surface area contributed by atoms with Crippen LogP contribution in [-0.2, 0) is 0 Å². The molecule has 0 atom stereocenters. The Balaban J connectivity index is 2.14. The molecule has 0 N–H and O–H groups in total. The van der Waals surface area contributed by atoms with E-state index in [4.69, 9.17) is 11.6 Å². The topological polar surface area (TPSA) is 3.24 Å². The van der Waals surface area contributed by atoms with Gasteiger partial charge in [-0.15, -0.1) is 11.6 Å². The summed E-state index contributed by atoms with van der Waals surface area (Å²) in [5.74, 6) is 0.675. The van der Waals surface area contributed by atoms with E-state index in [1.54, 1.807) is 0 Å². The van der Waals surface area contributed by atoms with Crippen LogP contribution in [0.25, 0.3) is 11.1 Å². The van der Waals surface area contributed by atoms with Crippen molar-refractivity contribution in [3.63, 3.8) is 0 Å². The second-order valence-corrected chi connectivity index (χ2v) is 5.27. The molecule has 0 unspecified atom stereocenters. The normalized spacial score (nSPS) is 13.6. The summed E-state index contributed by atoms with van der Waals surface area (Å²) in [6.45, 7) is 4.14.